The van der Waals surface area contributed by atoms with E-state index in [-0.39, 0.29) is 47.4 Å². The molecule has 5 rings (SSSR count). The number of nitrogens with one attached hydrogen (secondary N) is 2. The summed E-state index contributed by atoms with van der Waals surface area (Å²) in [5, 5.41) is 16.0. The minimum absolute atomic E-state index is 0.0217. The molecule has 0 aliphatic heterocycles. The third-order valence-corrected chi connectivity index (χ3v) is 6.57. The van der Waals surface area contributed by atoms with Crippen molar-refractivity contribution in [1.82, 2.24) is 9.97 Å². The number of hydrogen-bond acceptors (Lipinski definition) is 8. The summed E-state index contributed by atoms with van der Waals surface area (Å²) in [7, 11) is 0. The van der Waals surface area contributed by atoms with Gasteiger partial charge < -0.3 is 30.9 Å². The van der Waals surface area contributed by atoms with Crippen LogP contribution in [0.1, 0.15) is 23.2 Å². The number of nitrogens with zero attached hydrogens (tertiary/aromatic N) is 2. The monoisotopic (exact) mass is 535 g/mol. The number of ether oxygens (including phenoxy) is 2. The second kappa shape index (κ2) is 11.1. The number of aliphatic hydroxyl groups excluding tert-OH is 1. The third-order valence-electron chi connectivity index (χ3n) is 6.57. The molecule has 1 saturated carbocycles. The summed E-state index contributed by atoms with van der Waals surface area (Å²) in [5.41, 5.74) is 7.37. The Labute approximate surface area is 223 Å². The molecule has 39 heavy (non-hydrogen) atoms. The maximum atomic E-state index is 15.0. The van der Waals surface area contributed by atoms with Crippen LogP contribution >= 0.6 is 0 Å². The fourth-order valence-corrected chi connectivity index (χ4v) is 4.15. The smallest absolute Gasteiger partial charge is 0.256 e. The number of fused-ring (bicyclic) bond motifs is 1. The highest BCUT2D eigenvalue weighted by molar-refractivity contribution is 6.01. The third kappa shape index (κ3) is 6.15. The predicted octanol–water partition coefficient (Wildman–Crippen LogP) is 4.47. The van der Waals surface area contributed by atoms with Crippen molar-refractivity contribution in [3.05, 3.63) is 78.1 Å². The van der Waals surface area contributed by atoms with E-state index in [0.717, 1.165) is 18.5 Å². The van der Waals surface area contributed by atoms with E-state index >= 15 is 0 Å². The lowest BCUT2D eigenvalue weighted by atomic mass is 10.1. The first-order valence-corrected chi connectivity index (χ1v) is 12.4. The average molecular weight is 536 g/mol. The molecule has 9 nitrogen and oxygen atoms in total. The first-order chi connectivity index (χ1) is 18.9. The van der Waals surface area contributed by atoms with Gasteiger partial charge in [-0.05, 0) is 49.2 Å². The van der Waals surface area contributed by atoms with Crippen molar-refractivity contribution < 1.29 is 28.2 Å². The molecule has 4 aromatic rings. The van der Waals surface area contributed by atoms with Crippen LogP contribution in [0, 0.1) is 17.0 Å². The highest BCUT2D eigenvalue weighted by Crippen LogP contribution is 2.45. The standard InChI is InChI=1S/C28H27F2N5O4/c29-17-1-3-18(4-2-17)34-15-28(6-7-28)16-35-19-11-22(30)27(33-14-19)39-24-5-8-32-23-13-25(38-10-9-36)21(26(31)37)12-20(23)24/h1-5,8,11-14,34-36H,6-7,9-10,15-16H2,(H2,31,37). The minimum Gasteiger partial charge on any atom is -0.490 e. The van der Waals surface area contributed by atoms with Crippen LogP contribution in [0.4, 0.5) is 20.2 Å². The Morgan fingerprint density at radius 2 is 1.74 bits per heavy atom. The van der Waals surface area contributed by atoms with Crippen molar-refractivity contribution in [1.29, 1.82) is 0 Å². The van der Waals surface area contributed by atoms with E-state index in [9.17, 15) is 13.6 Å². The lowest BCUT2D eigenvalue weighted by Gasteiger charge is -2.18. The van der Waals surface area contributed by atoms with Gasteiger partial charge in [0.1, 0.15) is 23.9 Å². The molecule has 11 heteroatoms. The highest BCUT2D eigenvalue weighted by atomic mass is 19.1. The molecule has 0 atom stereocenters. The van der Waals surface area contributed by atoms with Crippen LogP contribution in [-0.4, -0.2) is 47.3 Å². The lowest BCUT2D eigenvalue weighted by molar-refractivity contribution is 0.0994. The molecule has 5 N–H and O–H groups in total. The van der Waals surface area contributed by atoms with Gasteiger partial charge in [-0.2, -0.15) is 0 Å². The van der Waals surface area contributed by atoms with Crippen LogP contribution in [0.25, 0.3) is 10.9 Å². The number of aliphatic hydroxyl groups is 1. The molecule has 1 aliphatic rings. The number of hydrogen-bond donors (Lipinski definition) is 4. The van der Waals surface area contributed by atoms with Gasteiger partial charge in [-0.3, -0.25) is 9.78 Å². The second-order valence-electron chi connectivity index (χ2n) is 9.44. The van der Waals surface area contributed by atoms with Gasteiger partial charge in [0.05, 0.1) is 29.6 Å². The van der Waals surface area contributed by atoms with Crippen LogP contribution in [-0.2, 0) is 0 Å². The van der Waals surface area contributed by atoms with E-state index < -0.39 is 11.7 Å². The Morgan fingerprint density at radius 3 is 2.41 bits per heavy atom. The van der Waals surface area contributed by atoms with Crippen LogP contribution in [0.15, 0.2) is 60.9 Å². The van der Waals surface area contributed by atoms with Gasteiger partial charge in [0.25, 0.3) is 11.8 Å². The summed E-state index contributed by atoms with van der Waals surface area (Å²) in [4.78, 5) is 20.4. The van der Waals surface area contributed by atoms with Gasteiger partial charge in [0.2, 0.25) is 0 Å². The van der Waals surface area contributed by atoms with Crippen LogP contribution in [0.2, 0.25) is 0 Å². The molecule has 0 bridgehead atoms. The number of aromatic nitrogens is 2. The van der Waals surface area contributed by atoms with Crippen molar-refractivity contribution >= 4 is 28.2 Å². The number of anilines is 2. The molecule has 0 spiro atoms. The average Bonchev–Trinajstić information content (AvgIpc) is 3.71. The van der Waals surface area contributed by atoms with E-state index in [1.807, 2.05) is 0 Å². The molecule has 1 amide bonds. The van der Waals surface area contributed by atoms with E-state index in [0.29, 0.717) is 29.7 Å². The molecule has 2 heterocycles. The van der Waals surface area contributed by atoms with Crippen molar-refractivity contribution in [2.45, 2.75) is 12.8 Å². The Kier molecular flexibility index (Phi) is 7.42. The summed E-state index contributed by atoms with van der Waals surface area (Å²) in [5.74, 6) is -1.52. The van der Waals surface area contributed by atoms with Gasteiger partial charge in [0.15, 0.2) is 5.82 Å². The Hall–Kier alpha value is -4.51. The number of rotatable bonds is 12. The Balaban J connectivity index is 1.27. The zero-order chi connectivity index (χ0) is 27.4. The largest absolute Gasteiger partial charge is 0.490 e. The van der Waals surface area contributed by atoms with Crippen molar-refractivity contribution in [3.63, 3.8) is 0 Å². The van der Waals surface area contributed by atoms with Crippen LogP contribution in [0.5, 0.6) is 17.4 Å². The second-order valence-corrected chi connectivity index (χ2v) is 9.44. The molecular formula is C28H27F2N5O4. The quantitative estimate of drug-likeness (QED) is 0.209. The zero-order valence-corrected chi connectivity index (χ0v) is 20.9. The number of benzene rings is 2. The zero-order valence-electron chi connectivity index (χ0n) is 20.9. The van der Waals surface area contributed by atoms with Crippen LogP contribution < -0.4 is 25.8 Å². The van der Waals surface area contributed by atoms with Gasteiger partial charge in [-0.25, -0.2) is 13.8 Å². The molecule has 0 saturated heterocycles. The van der Waals surface area contributed by atoms with Gasteiger partial charge in [-0.1, -0.05) is 0 Å². The predicted molar refractivity (Wildman–Crippen MR) is 142 cm³/mol. The van der Waals surface area contributed by atoms with Crippen molar-refractivity contribution in [2.75, 3.05) is 36.9 Å². The van der Waals surface area contributed by atoms with Gasteiger partial charge in [0, 0.05) is 47.9 Å². The first-order valence-electron chi connectivity index (χ1n) is 12.4. The van der Waals surface area contributed by atoms with Crippen LogP contribution in [0.3, 0.4) is 0 Å². The Morgan fingerprint density at radius 1 is 1.00 bits per heavy atom. The summed E-state index contributed by atoms with van der Waals surface area (Å²) in [6.45, 7) is 1.06. The van der Waals surface area contributed by atoms with Crippen molar-refractivity contribution in [2.24, 2.45) is 11.1 Å². The molecule has 1 fully saturated rings. The van der Waals surface area contributed by atoms with E-state index in [1.165, 1.54) is 48.8 Å². The number of pyridine rings is 2. The topological polar surface area (TPSA) is 132 Å². The SMILES string of the molecule is NC(=O)c1cc2c(Oc3ncc(NCC4(CNc5ccc(F)cc5)CC4)cc3F)ccnc2cc1OCCO. The first kappa shape index (κ1) is 26.1. The molecule has 1 aliphatic carbocycles. The number of amides is 1. The number of primary amides is 1. The molecule has 202 valence electrons. The summed E-state index contributed by atoms with van der Waals surface area (Å²) in [6.07, 6.45) is 4.99. The number of halogens is 2. The fourth-order valence-electron chi connectivity index (χ4n) is 4.15. The molecule has 0 radical (unpaired) electrons. The lowest BCUT2D eigenvalue weighted by Crippen LogP contribution is -2.24. The van der Waals surface area contributed by atoms with E-state index in [1.54, 1.807) is 12.1 Å². The van der Waals surface area contributed by atoms with Gasteiger partial charge >= 0.3 is 0 Å². The fraction of sp³-hybridized carbons (Fsp3) is 0.250. The molecule has 0 unspecified atom stereocenters. The molecule has 2 aromatic carbocycles. The summed E-state index contributed by atoms with van der Waals surface area (Å²) < 4.78 is 39.3. The minimum atomic E-state index is -0.735. The normalized spacial score (nSPS) is 13.6. The Bertz CT molecular complexity index is 1500. The van der Waals surface area contributed by atoms with Gasteiger partial charge in [-0.15, -0.1) is 0 Å². The highest BCUT2D eigenvalue weighted by Gasteiger charge is 2.42. The summed E-state index contributed by atoms with van der Waals surface area (Å²) >= 11 is 0. The van der Waals surface area contributed by atoms with E-state index in [2.05, 4.69) is 20.6 Å². The maximum Gasteiger partial charge on any atom is 0.256 e. The van der Waals surface area contributed by atoms with Crippen molar-refractivity contribution in [3.8, 4) is 17.4 Å². The van der Waals surface area contributed by atoms with E-state index in [4.69, 9.17) is 20.3 Å². The summed E-state index contributed by atoms with van der Waals surface area (Å²) in [6, 6.07) is 12.0. The molecule has 2 aromatic heterocycles. The maximum absolute atomic E-state index is 15.0. The number of carbonyl (C=O) groups excluding carboxylic acids is 1. The number of carbonyl (C=O) groups is 1. The number of nitrogens with two attached hydrogens (primary N) is 1. The molecular weight excluding hydrogens is 508 g/mol.